The quantitative estimate of drug-likeness (QED) is 0.309. The highest BCUT2D eigenvalue weighted by molar-refractivity contribution is 5.68. The lowest BCUT2D eigenvalue weighted by Gasteiger charge is -2.24. The molecular formula is C29H30O4. The molecule has 170 valence electrons. The molecule has 0 aliphatic heterocycles. The molecule has 0 heterocycles. The maximum Gasteiger partial charge on any atom is 0.341 e. The Morgan fingerprint density at radius 1 is 0.970 bits per heavy atom. The average molecular weight is 443 g/mol. The average Bonchev–Trinajstić information content (AvgIpc) is 2.85. The molecule has 1 aliphatic carbocycles. The Morgan fingerprint density at radius 3 is 2.33 bits per heavy atom. The van der Waals surface area contributed by atoms with Gasteiger partial charge in [0.15, 0.2) is 6.61 Å². The number of benzene rings is 3. The molecule has 1 unspecified atom stereocenters. The van der Waals surface area contributed by atoms with Crippen LogP contribution in [0.15, 0.2) is 91.0 Å². The van der Waals surface area contributed by atoms with Crippen LogP contribution in [0.4, 0.5) is 0 Å². The topological polar surface area (TPSA) is 55.8 Å². The summed E-state index contributed by atoms with van der Waals surface area (Å²) in [6.07, 6.45) is 8.22. The van der Waals surface area contributed by atoms with Crippen molar-refractivity contribution in [1.29, 1.82) is 0 Å². The van der Waals surface area contributed by atoms with Crippen molar-refractivity contribution in [2.24, 2.45) is 5.92 Å². The molecule has 1 aliphatic rings. The summed E-state index contributed by atoms with van der Waals surface area (Å²) in [7, 11) is 0. The second-order valence-electron chi connectivity index (χ2n) is 8.37. The number of hydrogen-bond acceptors (Lipinski definition) is 3. The normalized spacial score (nSPS) is 15.5. The van der Waals surface area contributed by atoms with E-state index in [2.05, 4.69) is 42.5 Å². The molecule has 3 aromatic rings. The van der Waals surface area contributed by atoms with E-state index >= 15 is 0 Å². The van der Waals surface area contributed by atoms with Crippen LogP contribution in [0.3, 0.4) is 0 Å². The monoisotopic (exact) mass is 442 g/mol. The number of rotatable bonds is 10. The SMILES string of the molecule is O=C(O)COc1cccc2c1CCC(/C=C/CCOC(c1ccccc1)c1ccccc1)C2. The summed E-state index contributed by atoms with van der Waals surface area (Å²) in [6, 6.07) is 26.6. The summed E-state index contributed by atoms with van der Waals surface area (Å²) in [4.78, 5) is 10.8. The highest BCUT2D eigenvalue weighted by Gasteiger charge is 2.20. The van der Waals surface area contributed by atoms with Crippen molar-refractivity contribution in [3.63, 3.8) is 0 Å². The van der Waals surface area contributed by atoms with E-state index in [1.165, 1.54) is 5.56 Å². The minimum atomic E-state index is -0.951. The van der Waals surface area contributed by atoms with Gasteiger partial charge in [-0.1, -0.05) is 84.9 Å². The van der Waals surface area contributed by atoms with E-state index in [-0.39, 0.29) is 12.7 Å². The minimum absolute atomic E-state index is 0.0634. The molecule has 3 aromatic carbocycles. The fourth-order valence-corrected chi connectivity index (χ4v) is 4.42. The first-order valence-electron chi connectivity index (χ1n) is 11.5. The molecule has 4 nitrogen and oxygen atoms in total. The number of aliphatic carboxylic acids is 1. The molecule has 0 saturated heterocycles. The standard InChI is InChI=1S/C29H30O4/c30-28(31)21-33-27-16-9-15-25-20-22(17-18-26(25)27)10-7-8-19-32-29(23-11-3-1-4-12-23)24-13-5-2-6-14-24/h1-7,9-16,22,29H,8,17-21H2,(H,30,31)/b10-7+. The lowest BCUT2D eigenvalue weighted by molar-refractivity contribution is -0.139. The molecule has 0 radical (unpaired) electrons. The number of ether oxygens (including phenoxy) is 2. The second-order valence-corrected chi connectivity index (χ2v) is 8.37. The lowest BCUT2D eigenvalue weighted by atomic mass is 9.83. The van der Waals surface area contributed by atoms with Gasteiger partial charge in [-0.05, 0) is 59.9 Å². The van der Waals surface area contributed by atoms with Crippen molar-refractivity contribution in [2.75, 3.05) is 13.2 Å². The number of hydrogen-bond donors (Lipinski definition) is 1. The van der Waals surface area contributed by atoms with Crippen LogP contribution in [0, 0.1) is 5.92 Å². The van der Waals surface area contributed by atoms with Crippen LogP contribution in [0.2, 0.25) is 0 Å². The Balaban J connectivity index is 1.31. The van der Waals surface area contributed by atoms with Gasteiger partial charge in [0.2, 0.25) is 0 Å². The highest BCUT2D eigenvalue weighted by atomic mass is 16.5. The molecule has 0 saturated carbocycles. The van der Waals surface area contributed by atoms with Crippen LogP contribution in [-0.2, 0) is 22.4 Å². The van der Waals surface area contributed by atoms with Gasteiger partial charge in [0.1, 0.15) is 11.9 Å². The molecular weight excluding hydrogens is 412 g/mol. The second kappa shape index (κ2) is 11.5. The smallest absolute Gasteiger partial charge is 0.341 e. The van der Waals surface area contributed by atoms with E-state index in [0.717, 1.165) is 42.4 Å². The third-order valence-electron chi connectivity index (χ3n) is 6.01. The Kier molecular flexibility index (Phi) is 7.94. The zero-order chi connectivity index (χ0) is 22.9. The molecule has 4 rings (SSSR count). The third kappa shape index (κ3) is 6.33. The highest BCUT2D eigenvalue weighted by Crippen LogP contribution is 2.33. The van der Waals surface area contributed by atoms with E-state index in [4.69, 9.17) is 14.6 Å². The first-order chi connectivity index (χ1) is 16.2. The first-order valence-corrected chi connectivity index (χ1v) is 11.5. The Labute approximate surface area is 195 Å². The molecule has 0 bridgehead atoms. The van der Waals surface area contributed by atoms with Crippen molar-refractivity contribution < 1.29 is 19.4 Å². The van der Waals surface area contributed by atoms with E-state index in [0.29, 0.717) is 18.3 Å². The van der Waals surface area contributed by atoms with Gasteiger partial charge in [0.05, 0.1) is 6.61 Å². The van der Waals surface area contributed by atoms with E-state index in [9.17, 15) is 4.79 Å². The number of carbonyl (C=O) groups is 1. The van der Waals surface area contributed by atoms with Gasteiger partial charge in [-0.25, -0.2) is 4.79 Å². The van der Waals surface area contributed by atoms with Gasteiger partial charge in [-0.2, -0.15) is 0 Å². The van der Waals surface area contributed by atoms with E-state index in [1.807, 2.05) is 48.5 Å². The van der Waals surface area contributed by atoms with Crippen LogP contribution in [-0.4, -0.2) is 24.3 Å². The van der Waals surface area contributed by atoms with Gasteiger partial charge in [-0.3, -0.25) is 0 Å². The van der Waals surface area contributed by atoms with Crippen molar-refractivity contribution >= 4 is 5.97 Å². The Bertz CT molecular complexity index is 1020. The van der Waals surface area contributed by atoms with Gasteiger partial charge in [0, 0.05) is 0 Å². The van der Waals surface area contributed by atoms with Gasteiger partial charge in [0.25, 0.3) is 0 Å². The summed E-state index contributed by atoms with van der Waals surface area (Å²) in [5.74, 6) is 0.234. The van der Waals surface area contributed by atoms with Crippen LogP contribution in [0.25, 0.3) is 0 Å². The lowest BCUT2D eigenvalue weighted by Crippen LogP contribution is -2.16. The summed E-state index contributed by atoms with van der Waals surface area (Å²) < 4.78 is 11.8. The van der Waals surface area contributed by atoms with Crippen LogP contribution in [0.5, 0.6) is 5.75 Å². The molecule has 33 heavy (non-hydrogen) atoms. The number of allylic oxidation sites excluding steroid dienone is 1. The fraction of sp³-hybridized carbons (Fsp3) is 0.276. The largest absolute Gasteiger partial charge is 0.482 e. The summed E-state index contributed by atoms with van der Waals surface area (Å²) in [5.41, 5.74) is 4.73. The summed E-state index contributed by atoms with van der Waals surface area (Å²) in [6.45, 7) is 0.355. The van der Waals surface area contributed by atoms with Crippen LogP contribution >= 0.6 is 0 Å². The summed E-state index contributed by atoms with van der Waals surface area (Å²) in [5, 5.41) is 8.88. The van der Waals surface area contributed by atoms with Gasteiger partial charge < -0.3 is 14.6 Å². The molecule has 1 atom stereocenters. The molecule has 4 heteroatoms. The Hall–Kier alpha value is -3.37. The molecule has 0 fully saturated rings. The number of fused-ring (bicyclic) bond motifs is 1. The number of carboxylic acid groups (broad SMARTS) is 1. The maximum atomic E-state index is 10.8. The van der Waals surface area contributed by atoms with Crippen molar-refractivity contribution in [1.82, 2.24) is 0 Å². The Morgan fingerprint density at radius 2 is 1.67 bits per heavy atom. The van der Waals surface area contributed by atoms with Gasteiger partial charge >= 0.3 is 5.97 Å². The maximum absolute atomic E-state index is 10.8. The predicted octanol–water partition coefficient (Wildman–Crippen LogP) is 6.01. The minimum Gasteiger partial charge on any atom is -0.482 e. The third-order valence-corrected chi connectivity index (χ3v) is 6.01. The molecule has 0 aromatic heterocycles. The zero-order valence-electron chi connectivity index (χ0n) is 18.7. The van der Waals surface area contributed by atoms with Crippen LogP contribution < -0.4 is 4.74 Å². The summed E-state index contributed by atoms with van der Waals surface area (Å²) >= 11 is 0. The molecule has 0 amide bonds. The fourth-order valence-electron chi connectivity index (χ4n) is 4.42. The van der Waals surface area contributed by atoms with Crippen LogP contribution in [0.1, 0.15) is 41.2 Å². The van der Waals surface area contributed by atoms with E-state index in [1.54, 1.807) is 0 Å². The van der Waals surface area contributed by atoms with Crippen molar-refractivity contribution in [3.05, 3.63) is 113 Å². The van der Waals surface area contributed by atoms with E-state index < -0.39 is 5.97 Å². The predicted molar refractivity (Wildman–Crippen MR) is 130 cm³/mol. The van der Waals surface area contributed by atoms with Crippen molar-refractivity contribution in [3.8, 4) is 5.75 Å². The zero-order valence-corrected chi connectivity index (χ0v) is 18.7. The van der Waals surface area contributed by atoms with Crippen molar-refractivity contribution in [2.45, 2.75) is 31.8 Å². The molecule has 0 spiro atoms. The number of carboxylic acids is 1. The molecule has 1 N–H and O–H groups in total. The first kappa shape index (κ1) is 22.8. The van der Waals surface area contributed by atoms with Gasteiger partial charge in [-0.15, -0.1) is 0 Å².